The highest BCUT2D eigenvalue weighted by molar-refractivity contribution is 5.65. The Morgan fingerprint density at radius 1 is 1.30 bits per heavy atom. The maximum absolute atomic E-state index is 10.9. The minimum atomic E-state index is -0.796. The zero-order valence-electron chi connectivity index (χ0n) is 13.4. The molecule has 1 amide bonds. The van der Waals surface area contributed by atoms with Gasteiger partial charge in [0.1, 0.15) is 0 Å². The lowest BCUT2D eigenvalue weighted by Crippen LogP contribution is -2.37. The van der Waals surface area contributed by atoms with Gasteiger partial charge < -0.3 is 10.0 Å². The minimum absolute atomic E-state index is 0.594. The van der Waals surface area contributed by atoms with E-state index in [4.69, 9.17) is 5.11 Å². The first kappa shape index (κ1) is 15.5. The van der Waals surface area contributed by atoms with E-state index in [1.807, 2.05) is 23.9 Å². The number of hydrogen-bond donors (Lipinski definition) is 1. The molecule has 1 fully saturated rings. The molecule has 0 unspecified atom stereocenters. The molecule has 0 radical (unpaired) electrons. The van der Waals surface area contributed by atoms with Crippen molar-refractivity contribution >= 4 is 6.09 Å². The van der Waals surface area contributed by atoms with Gasteiger partial charge in [0.25, 0.3) is 0 Å². The third-order valence-electron chi connectivity index (χ3n) is 4.60. The number of aromatic nitrogens is 3. The second-order valence-electron chi connectivity index (χ2n) is 6.13. The van der Waals surface area contributed by atoms with Gasteiger partial charge in [-0.15, -0.1) is 0 Å². The van der Waals surface area contributed by atoms with E-state index in [1.54, 1.807) is 12.4 Å². The second-order valence-corrected chi connectivity index (χ2v) is 6.13. The minimum Gasteiger partial charge on any atom is -0.465 e. The molecule has 0 aliphatic carbocycles. The summed E-state index contributed by atoms with van der Waals surface area (Å²) in [5.41, 5.74) is 3.32. The molecule has 3 rings (SSSR count). The molecular formula is C17H22N4O2. The zero-order valence-corrected chi connectivity index (χ0v) is 13.4. The zero-order chi connectivity index (χ0) is 16.2. The molecule has 0 atom stereocenters. The average molecular weight is 314 g/mol. The van der Waals surface area contributed by atoms with Crippen LogP contribution in [0.15, 0.2) is 30.6 Å². The maximum Gasteiger partial charge on any atom is 0.407 e. The van der Waals surface area contributed by atoms with Crippen molar-refractivity contribution in [1.29, 1.82) is 0 Å². The fraction of sp³-hybridized carbons (Fsp3) is 0.471. The van der Waals surface area contributed by atoms with Crippen LogP contribution in [0, 0.1) is 5.92 Å². The molecule has 0 bridgehead atoms. The lowest BCUT2D eigenvalue weighted by Gasteiger charge is -2.29. The Kier molecular flexibility index (Phi) is 4.60. The van der Waals surface area contributed by atoms with Gasteiger partial charge in [-0.2, -0.15) is 5.10 Å². The van der Waals surface area contributed by atoms with Crippen LogP contribution in [0.5, 0.6) is 0 Å². The topological polar surface area (TPSA) is 71.2 Å². The number of hydrogen-bond acceptors (Lipinski definition) is 3. The van der Waals surface area contributed by atoms with Gasteiger partial charge in [0.2, 0.25) is 0 Å². The Bertz CT molecular complexity index is 660. The number of aryl methyl sites for hydroxylation is 2. The summed E-state index contributed by atoms with van der Waals surface area (Å²) in [6.07, 6.45) is 6.70. The van der Waals surface area contributed by atoms with Gasteiger partial charge in [-0.1, -0.05) is 0 Å². The van der Waals surface area contributed by atoms with Crippen LogP contribution in [-0.4, -0.2) is 44.0 Å². The standard InChI is InChI=1S/C17H22N4O2/c1-20-16(14-4-8-18-9-5-14)12-15(19-20)3-2-13-6-10-21(11-7-13)17(22)23/h4-5,8-9,12-13H,2-3,6-7,10-11H2,1H3,(H,22,23). The molecule has 2 aromatic heterocycles. The van der Waals surface area contributed by atoms with E-state index >= 15 is 0 Å². The van der Waals surface area contributed by atoms with E-state index in [0.717, 1.165) is 42.6 Å². The summed E-state index contributed by atoms with van der Waals surface area (Å²) in [6.45, 7) is 1.31. The van der Waals surface area contributed by atoms with Crippen LogP contribution in [-0.2, 0) is 13.5 Å². The van der Waals surface area contributed by atoms with Crippen LogP contribution in [0.25, 0.3) is 11.3 Å². The van der Waals surface area contributed by atoms with E-state index in [9.17, 15) is 4.79 Å². The molecule has 122 valence electrons. The molecule has 6 nitrogen and oxygen atoms in total. The molecule has 0 aromatic carbocycles. The second kappa shape index (κ2) is 6.81. The van der Waals surface area contributed by atoms with Gasteiger partial charge in [0.05, 0.1) is 11.4 Å². The summed E-state index contributed by atoms with van der Waals surface area (Å²) < 4.78 is 1.91. The van der Waals surface area contributed by atoms with Gasteiger partial charge in [0.15, 0.2) is 0 Å². The largest absolute Gasteiger partial charge is 0.465 e. The third-order valence-corrected chi connectivity index (χ3v) is 4.60. The van der Waals surface area contributed by atoms with E-state index in [2.05, 4.69) is 16.1 Å². The monoisotopic (exact) mass is 314 g/mol. The number of carbonyl (C=O) groups is 1. The van der Waals surface area contributed by atoms with Gasteiger partial charge in [-0.25, -0.2) is 4.79 Å². The molecule has 1 saturated heterocycles. The first-order chi connectivity index (χ1) is 11.1. The lowest BCUT2D eigenvalue weighted by molar-refractivity contribution is 0.123. The molecule has 1 aliphatic rings. The summed E-state index contributed by atoms with van der Waals surface area (Å²) >= 11 is 0. The van der Waals surface area contributed by atoms with Gasteiger partial charge in [0, 0.05) is 38.1 Å². The fourth-order valence-electron chi connectivity index (χ4n) is 3.21. The summed E-state index contributed by atoms with van der Waals surface area (Å²) in [6, 6.07) is 6.12. The highest BCUT2D eigenvalue weighted by Crippen LogP contribution is 2.24. The predicted molar refractivity (Wildman–Crippen MR) is 87.1 cm³/mol. The van der Waals surface area contributed by atoms with Crippen LogP contribution in [0.2, 0.25) is 0 Å². The number of piperidine rings is 1. The lowest BCUT2D eigenvalue weighted by atomic mass is 9.91. The van der Waals surface area contributed by atoms with E-state index in [0.29, 0.717) is 19.0 Å². The third kappa shape index (κ3) is 3.70. The molecule has 6 heteroatoms. The fourth-order valence-corrected chi connectivity index (χ4v) is 3.21. The van der Waals surface area contributed by atoms with Crippen molar-refractivity contribution in [3.05, 3.63) is 36.3 Å². The van der Waals surface area contributed by atoms with Gasteiger partial charge in [-0.3, -0.25) is 9.67 Å². The number of carboxylic acid groups (broad SMARTS) is 1. The van der Waals surface area contributed by atoms with Crippen LogP contribution >= 0.6 is 0 Å². The predicted octanol–water partition coefficient (Wildman–Crippen LogP) is 2.80. The Balaban J connectivity index is 1.57. The number of pyridine rings is 1. The van der Waals surface area contributed by atoms with Crippen molar-refractivity contribution in [3.63, 3.8) is 0 Å². The average Bonchev–Trinajstić information content (AvgIpc) is 2.95. The Morgan fingerprint density at radius 3 is 2.65 bits per heavy atom. The van der Waals surface area contributed by atoms with Crippen LogP contribution < -0.4 is 0 Å². The summed E-state index contributed by atoms with van der Waals surface area (Å²) in [5, 5.41) is 13.6. The summed E-state index contributed by atoms with van der Waals surface area (Å²) in [4.78, 5) is 16.5. The van der Waals surface area contributed by atoms with Crippen molar-refractivity contribution in [2.75, 3.05) is 13.1 Å². The molecular weight excluding hydrogens is 292 g/mol. The van der Waals surface area contributed by atoms with E-state index in [-0.39, 0.29) is 0 Å². The van der Waals surface area contributed by atoms with E-state index in [1.165, 1.54) is 4.90 Å². The molecule has 23 heavy (non-hydrogen) atoms. The molecule has 2 aromatic rings. The number of rotatable bonds is 4. The van der Waals surface area contributed by atoms with Gasteiger partial charge in [-0.05, 0) is 49.8 Å². The van der Waals surface area contributed by atoms with Crippen molar-refractivity contribution in [2.24, 2.45) is 13.0 Å². The number of amides is 1. The Hall–Kier alpha value is -2.37. The quantitative estimate of drug-likeness (QED) is 0.942. The normalized spacial score (nSPS) is 15.8. The SMILES string of the molecule is Cn1nc(CCC2CCN(C(=O)O)CC2)cc1-c1ccncc1. The Morgan fingerprint density at radius 2 is 2.00 bits per heavy atom. The number of nitrogens with zero attached hydrogens (tertiary/aromatic N) is 4. The highest BCUT2D eigenvalue weighted by atomic mass is 16.4. The van der Waals surface area contributed by atoms with Crippen molar-refractivity contribution in [1.82, 2.24) is 19.7 Å². The molecule has 1 aliphatic heterocycles. The molecule has 0 saturated carbocycles. The molecule has 3 heterocycles. The van der Waals surface area contributed by atoms with E-state index < -0.39 is 6.09 Å². The van der Waals surface area contributed by atoms with Crippen molar-refractivity contribution in [2.45, 2.75) is 25.7 Å². The molecule has 1 N–H and O–H groups in total. The van der Waals surface area contributed by atoms with Crippen molar-refractivity contribution in [3.8, 4) is 11.3 Å². The smallest absolute Gasteiger partial charge is 0.407 e. The Labute approximate surface area is 135 Å². The summed E-state index contributed by atoms with van der Waals surface area (Å²) in [5.74, 6) is 0.594. The first-order valence-electron chi connectivity index (χ1n) is 8.04. The molecule has 0 spiro atoms. The summed E-state index contributed by atoms with van der Waals surface area (Å²) in [7, 11) is 1.96. The van der Waals surface area contributed by atoms with Crippen LogP contribution in [0.1, 0.15) is 25.0 Å². The van der Waals surface area contributed by atoms with Crippen LogP contribution in [0.4, 0.5) is 4.79 Å². The van der Waals surface area contributed by atoms with Crippen molar-refractivity contribution < 1.29 is 9.90 Å². The van der Waals surface area contributed by atoms with Gasteiger partial charge >= 0.3 is 6.09 Å². The first-order valence-corrected chi connectivity index (χ1v) is 8.04. The van der Waals surface area contributed by atoms with Crippen LogP contribution in [0.3, 0.4) is 0 Å². The maximum atomic E-state index is 10.9. The number of likely N-dealkylation sites (tertiary alicyclic amines) is 1. The highest BCUT2D eigenvalue weighted by Gasteiger charge is 2.22.